The molecule has 0 saturated heterocycles. The van der Waals surface area contributed by atoms with Crippen molar-refractivity contribution in [3.8, 4) is 0 Å². The van der Waals surface area contributed by atoms with Crippen molar-refractivity contribution < 1.29 is 13.3 Å². The molecule has 2 heterocycles. The molecule has 0 atom stereocenters. The molecule has 1 fully saturated rings. The second-order valence-electron chi connectivity index (χ2n) is 6.39. The van der Waals surface area contributed by atoms with Crippen molar-refractivity contribution in [3.63, 3.8) is 0 Å². The minimum atomic E-state index is -3.55. The molecule has 0 spiro atoms. The summed E-state index contributed by atoms with van der Waals surface area (Å²) in [6.45, 7) is 1.83. The van der Waals surface area contributed by atoms with E-state index in [2.05, 4.69) is 15.1 Å². The number of imidazole rings is 1. The molecule has 1 aromatic heterocycles. The van der Waals surface area contributed by atoms with Crippen LogP contribution in [0.15, 0.2) is 35.6 Å². The first kappa shape index (κ1) is 16.2. The van der Waals surface area contributed by atoms with E-state index in [1.54, 1.807) is 29.1 Å². The van der Waals surface area contributed by atoms with Gasteiger partial charge in [-0.1, -0.05) is 19.3 Å². The Morgan fingerprint density at radius 3 is 2.80 bits per heavy atom. The number of hydrogen-bond acceptors (Lipinski definition) is 6. The highest BCUT2D eigenvalue weighted by atomic mass is 32.2. The molecule has 0 amide bonds. The van der Waals surface area contributed by atoms with Gasteiger partial charge in [-0.05, 0) is 43.2 Å². The maximum absolute atomic E-state index is 12.7. The van der Waals surface area contributed by atoms with Crippen LogP contribution in [0.25, 0.3) is 11.0 Å². The molecule has 1 saturated carbocycles. The number of nitrogens with zero attached hydrogens (tertiary/aromatic N) is 3. The molecule has 134 valence electrons. The summed E-state index contributed by atoms with van der Waals surface area (Å²) in [6.07, 6.45) is 8.30. The van der Waals surface area contributed by atoms with Crippen LogP contribution in [-0.2, 0) is 14.9 Å². The molecule has 0 bridgehead atoms. The van der Waals surface area contributed by atoms with Crippen molar-refractivity contribution in [2.24, 2.45) is 0 Å². The number of fused-ring (bicyclic) bond motifs is 1. The molecular weight excluding hydrogens is 342 g/mol. The first-order chi connectivity index (χ1) is 12.0. The molecule has 2 aliphatic rings. The van der Waals surface area contributed by atoms with Crippen LogP contribution in [0.3, 0.4) is 0 Å². The predicted octanol–water partition coefficient (Wildman–Crippen LogP) is 1.81. The lowest BCUT2D eigenvalue weighted by atomic mass is 9.96. The van der Waals surface area contributed by atoms with Crippen molar-refractivity contribution in [2.75, 3.05) is 5.28 Å². The molecule has 0 radical (unpaired) electrons. The zero-order chi connectivity index (χ0) is 17.4. The molecule has 1 aliphatic carbocycles. The van der Waals surface area contributed by atoms with Crippen LogP contribution in [0, 0.1) is 6.92 Å². The van der Waals surface area contributed by atoms with Crippen molar-refractivity contribution in [1.82, 2.24) is 19.8 Å². The van der Waals surface area contributed by atoms with E-state index in [9.17, 15) is 8.42 Å². The normalized spacial score (nSPS) is 18.5. The zero-order valence-corrected chi connectivity index (χ0v) is 14.8. The summed E-state index contributed by atoms with van der Waals surface area (Å²) in [5, 5.41) is 1.43. The summed E-state index contributed by atoms with van der Waals surface area (Å²) >= 11 is 0. The van der Waals surface area contributed by atoms with Gasteiger partial charge >= 0.3 is 0 Å². The lowest BCUT2D eigenvalue weighted by Crippen LogP contribution is -2.39. The lowest BCUT2D eigenvalue weighted by molar-refractivity contribution is 0.147. The highest BCUT2D eigenvalue weighted by Gasteiger charge is 2.23. The van der Waals surface area contributed by atoms with Crippen LogP contribution in [-0.4, -0.2) is 24.1 Å². The average molecular weight is 363 g/mol. The number of sulfonamides is 1. The second kappa shape index (κ2) is 6.23. The van der Waals surface area contributed by atoms with E-state index in [1.807, 2.05) is 6.92 Å². The van der Waals surface area contributed by atoms with Gasteiger partial charge in [-0.15, -0.1) is 0 Å². The van der Waals surface area contributed by atoms with Gasteiger partial charge in [0.2, 0.25) is 10.0 Å². The first-order valence-corrected chi connectivity index (χ1v) is 9.93. The second-order valence-corrected chi connectivity index (χ2v) is 8.10. The number of rotatable bonds is 4. The Bertz CT molecular complexity index is 907. The number of benzene rings is 1. The van der Waals surface area contributed by atoms with E-state index in [4.69, 9.17) is 4.84 Å². The van der Waals surface area contributed by atoms with Gasteiger partial charge in [0.15, 0.2) is 0 Å². The van der Waals surface area contributed by atoms with Crippen molar-refractivity contribution in [3.05, 3.63) is 36.5 Å². The highest BCUT2D eigenvalue weighted by Crippen LogP contribution is 2.23. The summed E-state index contributed by atoms with van der Waals surface area (Å²) in [5.74, 6) is 0.681. The Balaban J connectivity index is 1.64. The van der Waals surface area contributed by atoms with Gasteiger partial charge in [0.25, 0.3) is 0 Å². The highest BCUT2D eigenvalue weighted by molar-refractivity contribution is 7.89. The smallest absolute Gasteiger partial charge is 0.240 e. The predicted molar refractivity (Wildman–Crippen MR) is 93.2 cm³/mol. The van der Waals surface area contributed by atoms with Gasteiger partial charge in [0.05, 0.1) is 22.1 Å². The maximum Gasteiger partial charge on any atom is 0.240 e. The molecule has 0 unspecified atom stereocenters. The lowest BCUT2D eigenvalue weighted by Gasteiger charge is -2.22. The van der Waals surface area contributed by atoms with Gasteiger partial charge in [0.1, 0.15) is 12.1 Å². The van der Waals surface area contributed by atoms with Crippen LogP contribution in [0.4, 0.5) is 0 Å². The van der Waals surface area contributed by atoms with Gasteiger partial charge in [-0.3, -0.25) is 5.43 Å². The first-order valence-electron chi connectivity index (χ1n) is 8.44. The SMILES string of the molecule is Cc1nc2cc(S(=O)(=O)NC3CCCCC3)ccc2n1N1NC=CO1. The molecule has 4 rings (SSSR count). The van der Waals surface area contributed by atoms with Crippen LogP contribution in [0.5, 0.6) is 0 Å². The van der Waals surface area contributed by atoms with Crippen LogP contribution < -0.4 is 15.4 Å². The third-order valence-electron chi connectivity index (χ3n) is 4.60. The molecular formula is C16H21N5O3S. The number of hydrazine groups is 1. The third-order valence-corrected chi connectivity index (χ3v) is 6.11. The van der Waals surface area contributed by atoms with E-state index >= 15 is 0 Å². The van der Waals surface area contributed by atoms with E-state index in [-0.39, 0.29) is 10.9 Å². The quantitative estimate of drug-likeness (QED) is 0.861. The van der Waals surface area contributed by atoms with Gasteiger partial charge in [0, 0.05) is 6.04 Å². The number of aryl methyl sites for hydroxylation is 1. The van der Waals surface area contributed by atoms with E-state index in [1.165, 1.54) is 18.0 Å². The Labute approximate surface area is 146 Å². The monoisotopic (exact) mass is 363 g/mol. The van der Waals surface area contributed by atoms with Crippen molar-refractivity contribution in [2.45, 2.75) is 50.0 Å². The minimum Gasteiger partial charge on any atom is -0.350 e. The van der Waals surface area contributed by atoms with Crippen molar-refractivity contribution in [1.29, 1.82) is 0 Å². The minimum absolute atomic E-state index is 0.0296. The van der Waals surface area contributed by atoms with E-state index in [0.717, 1.165) is 31.2 Å². The fraction of sp³-hybridized carbons (Fsp3) is 0.438. The standard InChI is InChI=1S/C16H21N5O3S/c1-12-18-15-11-14(25(22,23)19-13-5-3-2-4-6-13)7-8-16(15)20(12)21-17-9-10-24-21/h7-11,13,17,19H,2-6H2,1H3. The van der Waals surface area contributed by atoms with Gasteiger partial charge in [-0.25, -0.2) is 18.1 Å². The van der Waals surface area contributed by atoms with Crippen LogP contribution in [0.2, 0.25) is 0 Å². The number of aromatic nitrogens is 2. The summed E-state index contributed by atoms with van der Waals surface area (Å²) < 4.78 is 29.9. The Hall–Kier alpha value is -2.26. The van der Waals surface area contributed by atoms with Gasteiger partial charge in [-0.2, -0.15) is 4.68 Å². The van der Waals surface area contributed by atoms with E-state index in [0.29, 0.717) is 11.3 Å². The summed E-state index contributed by atoms with van der Waals surface area (Å²) in [4.78, 5) is 10.0. The topological polar surface area (TPSA) is 88.5 Å². The molecule has 9 heteroatoms. The molecule has 1 aliphatic heterocycles. The number of nitrogens with one attached hydrogen (secondary N) is 2. The zero-order valence-electron chi connectivity index (χ0n) is 14.0. The Morgan fingerprint density at radius 1 is 1.28 bits per heavy atom. The fourth-order valence-electron chi connectivity index (χ4n) is 3.39. The Morgan fingerprint density at radius 2 is 2.08 bits per heavy atom. The molecule has 2 aromatic rings. The largest absolute Gasteiger partial charge is 0.350 e. The summed E-state index contributed by atoms with van der Waals surface area (Å²) in [6, 6.07) is 4.98. The maximum atomic E-state index is 12.7. The van der Waals surface area contributed by atoms with E-state index < -0.39 is 10.0 Å². The van der Waals surface area contributed by atoms with Gasteiger partial charge < -0.3 is 4.84 Å². The molecule has 1 aromatic carbocycles. The molecule has 8 nitrogen and oxygen atoms in total. The fourth-order valence-corrected chi connectivity index (χ4v) is 4.71. The van der Waals surface area contributed by atoms with Crippen LogP contribution >= 0.6 is 0 Å². The number of hydrogen-bond donors (Lipinski definition) is 2. The van der Waals surface area contributed by atoms with Crippen LogP contribution in [0.1, 0.15) is 37.9 Å². The average Bonchev–Trinajstić information content (AvgIpc) is 3.21. The summed E-state index contributed by atoms with van der Waals surface area (Å²) in [5.41, 5.74) is 4.27. The van der Waals surface area contributed by atoms with Crippen molar-refractivity contribution >= 4 is 21.1 Å². The summed E-state index contributed by atoms with van der Waals surface area (Å²) in [7, 11) is -3.55. The Kier molecular flexibility index (Phi) is 4.04. The third kappa shape index (κ3) is 3.05. The molecule has 25 heavy (non-hydrogen) atoms. The molecule has 2 N–H and O–H groups in total.